The molecule has 4 nitrogen and oxygen atoms in total. The van der Waals surface area contributed by atoms with Gasteiger partial charge in [0, 0.05) is 0 Å². The Bertz CT molecular complexity index is 445. The van der Waals surface area contributed by atoms with Crippen molar-refractivity contribution < 1.29 is 19.8 Å². The molecule has 0 aliphatic rings. The summed E-state index contributed by atoms with van der Waals surface area (Å²) < 4.78 is 0. The van der Waals surface area contributed by atoms with Crippen molar-refractivity contribution in [1.29, 1.82) is 0 Å². The van der Waals surface area contributed by atoms with E-state index in [2.05, 4.69) is 0 Å². The number of hydrogen-bond donors (Lipinski definition) is 2. The van der Waals surface area contributed by atoms with Crippen molar-refractivity contribution in [3.63, 3.8) is 0 Å². The zero-order valence-corrected chi connectivity index (χ0v) is 10.8. The first-order chi connectivity index (χ1) is 8.31. The van der Waals surface area contributed by atoms with Crippen LogP contribution in [0.1, 0.15) is 23.6 Å². The minimum absolute atomic E-state index is 0.241. The van der Waals surface area contributed by atoms with Crippen LogP contribution >= 0.6 is 0 Å². The number of benzene rings is 1. The highest BCUT2D eigenvalue weighted by Crippen LogP contribution is 2.20. The van der Waals surface area contributed by atoms with E-state index in [0.29, 0.717) is 0 Å². The summed E-state index contributed by atoms with van der Waals surface area (Å²) in [6.45, 7) is 5.31. The largest absolute Gasteiger partial charge is 0.481 e. The van der Waals surface area contributed by atoms with Crippen molar-refractivity contribution in [2.45, 2.75) is 27.2 Å². The summed E-state index contributed by atoms with van der Waals surface area (Å²) in [4.78, 5) is 22.1. The molecule has 0 aromatic heterocycles. The molecule has 1 aromatic rings. The average Bonchev–Trinajstić information content (AvgIpc) is 2.23. The molecule has 0 radical (unpaired) electrons. The van der Waals surface area contributed by atoms with Crippen LogP contribution in [-0.2, 0) is 16.0 Å². The lowest BCUT2D eigenvalue weighted by Gasteiger charge is -2.17. The van der Waals surface area contributed by atoms with Gasteiger partial charge in [-0.3, -0.25) is 9.59 Å². The van der Waals surface area contributed by atoms with Gasteiger partial charge < -0.3 is 10.2 Å². The van der Waals surface area contributed by atoms with Gasteiger partial charge in [0.05, 0.1) is 11.8 Å². The molecule has 2 atom stereocenters. The van der Waals surface area contributed by atoms with Crippen molar-refractivity contribution in [3.05, 3.63) is 34.9 Å². The van der Waals surface area contributed by atoms with Gasteiger partial charge >= 0.3 is 11.9 Å². The van der Waals surface area contributed by atoms with Crippen LogP contribution in [0.15, 0.2) is 18.2 Å². The summed E-state index contributed by atoms with van der Waals surface area (Å²) in [5, 5.41) is 18.1. The van der Waals surface area contributed by atoms with Gasteiger partial charge in [-0.15, -0.1) is 0 Å². The topological polar surface area (TPSA) is 74.6 Å². The first-order valence-electron chi connectivity index (χ1n) is 5.84. The molecule has 4 heteroatoms. The fourth-order valence-electron chi connectivity index (χ4n) is 2.09. The molecule has 0 bridgehead atoms. The molecule has 0 saturated carbocycles. The number of aliphatic carboxylic acids is 2. The van der Waals surface area contributed by atoms with Crippen molar-refractivity contribution >= 4 is 11.9 Å². The van der Waals surface area contributed by atoms with Crippen molar-refractivity contribution in [1.82, 2.24) is 0 Å². The van der Waals surface area contributed by atoms with E-state index in [9.17, 15) is 9.59 Å². The molecule has 1 aromatic carbocycles. The van der Waals surface area contributed by atoms with Gasteiger partial charge in [0.25, 0.3) is 0 Å². The minimum Gasteiger partial charge on any atom is -0.481 e. The van der Waals surface area contributed by atoms with Crippen LogP contribution in [-0.4, -0.2) is 22.2 Å². The maximum Gasteiger partial charge on any atom is 0.307 e. The summed E-state index contributed by atoms with van der Waals surface area (Å²) >= 11 is 0. The van der Waals surface area contributed by atoms with Crippen LogP contribution in [0.5, 0.6) is 0 Å². The Morgan fingerprint density at radius 3 is 1.94 bits per heavy atom. The molecule has 0 amide bonds. The minimum atomic E-state index is -1.08. The second-order valence-corrected chi connectivity index (χ2v) is 4.77. The van der Waals surface area contributed by atoms with Gasteiger partial charge in [-0.2, -0.15) is 0 Å². The van der Waals surface area contributed by atoms with E-state index in [1.165, 1.54) is 6.92 Å². The number of carboxylic acid groups (broad SMARTS) is 2. The molecular weight excluding hydrogens is 232 g/mol. The van der Waals surface area contributed by atoms with E-state index >= 15 is 0 Å². The van der Waals surface area contributed by atoms with Crippen molar-refractivity contribution in [2.24, 2.45) is 11.8 Å². The highest BCUT2D eigenvalue weighted by Gasteiger charge is 2.30. The molecule has 1 rings (SSSR count). The Balaban J connectivity index is 2.96. The summed E-state index contributed by atoms with van der Waals surface area (Å²) in [6.07, 6.45) is 0.241. The van der Waals surface area contributed by atoms with E-state index in [-0.39, 0.29) is 6.42 Å². The predicted octanol–water partition coefficient (Wildman–Crippen LogP) is 2.27. The highest BCUT2D eigenvalue weighted by molar-refractivity contribution is 5.79. The van der Waals surface area contributed by atoms with E-state index in [4.69, 9.17) is 10.2 Å². The van der Waals surface area contributed by atoms with Gasteiger partial charge in [-0.05, 0) is 25.8 Å². The Labute approximate surface area is 106 Å². The van der Waals surface area contributed by atoms with Crippen LogP contribution in [0.25, 0.3) is 0 Å². The van der Waals surface area contributed by atoms with Gasteiger partial charge in [-0.25, -0.2) is 0 Å². The molecule has 98 valence electrons. The first kappa shape index (κ1) is 14.2. The maximum atomic E-state index is 11.2. The Hall–Kier alpha value is -1.84. The van der Waals surface area contributed by atoms with Crippen LogP contribution in [0.2, 0.25) is 0 Å². The number of carbonyl (C=O) groups is 2. The molecule has 2 N–H and O–H groups in total. The summed E-state index contributed by atoms with van der Waals surface area (Å²) in [7, 11) is 0. The molecule has 0 spiro atoms. The second kappa shape index (κ2) is 5.67. The lowest BCUT2D eigenvalue weighted by Crippen LogP contribution is -2.29. The van der Waals surface area contributed by atoms with E-state index in [0.717, 1.165) is 16.7 Å². The smallest absolute Gasteiger partial charge is 0.307 e. The van der Waals surface area contributed by atoms with Gasteiger partial charge in [0.1, 0.15) is 0 Å². The SMILES string of the molecule is Cc1cc(C)cc(CC(C(=O)O)C(C)C(=O)O)c1. The fourth-order valence-corrected chi connectivity index (χ4v) is 2.09. The molecule has 0 fully saturated rings. The third kappa shape index (κ3) is 3.58. The molecule has 0 saturated heterocycles. The third-order valence-electron chi connectivity index (χ3n) is 3.05. The van der Waals surface area contributed by atoms with E-state index in [1.54, 1.807) is 0 Å². The quantitative estimate of drug-likeness (QED) is 0.840. The number of hydrogen-bond acceptors (Lipinski definition) is 2. The Morgan fingerprint density at radius 2 is 1.56 bits per heavy atom. The van der Waals surface area contributed by atoms with E-state index < -0.39 is 23.8 Å². The van der Waals surface area contributed by atoms with Crippen molar-refractivity contribution in [3.8, 4) is 0 Å². The van der Waals surface area contributed by atoms with Crippen LogP contribution in [0, 0.1) is 25.7 Å². The average molecular weight is 250 g/mol. The Morgan fingerprint density at radius 1 is 1.06 bits per heavy atom. The molecule has 0 aliphatic carbocycles. The third-order valence-corrected chi connectivity index (χ3v) is 3.05. The first-order valence-corrected chi connectivity index (χ1v) is 5.84. The normalized spacial score (nSPS) is 13.9. The lowest BCUT2D eigenvalue weighted by molar-refractivity contribution is -0.152. The molecule has 0 aliphatic heterocycles. The second-order valence-electron chi connectivity index (χ2n) is 4.77. The number of carboxylic acids is 2. The Kier molecular flexibility index (Phi) is 4.48. The molecule has 18 heavy (non-hydrogen) atoms. The highest BCUT2D eigenvalue weighted by atomic mass is 16.4. The monoisotopic (exact) mass is 250 g/mol. The van der Waals surface area contributed by atoms with Crippen LogP contribution in [0.3, 0.4) is 0 Å². The zero-order valence-electron chi connectivity index (χ0n) is 10.8. The summed E-state index contributed by atoms with van der Waals surface area (Å²) in [5.74, 6) is -3.94. The number of rotatable bonds is 5. The van der Waals surface area contributed by atoms with Gasteiger partial charge in [-0.1, -0.05) is 36.2 Å². The molecule has 0 heterocycles. The van der Waals surface area contributed by atoms with Crippen molar-refractivity contribution in [2.75, 3.05) is 0 Å². The van der Waals surface area contributed by atoms with Gasteiger partial charge in [0.2, 0.25) is 0 Å². The van der Waals surface area contributed by atoms with Crippen LogP contribution in [0.4, 0.5) is 0 Å². The predicted molar refractivity (Wildman–Crippen MR) is 67.5 cm³/mol. The molecular formula is C14H18O4. The molecule has 2 unspecified atom stereocenters. The number of aryl methyl sites for hydroxylation is 2. The van der Waals surface area contributed by atoms with Crippen LogP contribution < -0.4 is 0 Å². The maximum absolute atomic E-state index is 11.2. The zero-order chi connectivity index (χ0) is 13.9. The summed E-state index contributed by atoms with van der Waals surface area (Å²) in [6, 6.07) is 5.80. The fraction of sp³-hybridized carbons (Fsp3) is 0.429. The van der Waals surface area contributed by atoms with E-state index in [1.807, 2.05) is 32.0 Å². The van der Waals surface area contributed by atoms with Gasteiger partial charge in [0.15, 0.2) is 0 Å². The standard InChI is InChI=1S/C14H18O4/c1-8-4-9(2)6-11(5-8)7-12(14(17)18)10(3)13(15)16/h4-6,10,12H,7H2,1-3H3,(H,15,16)(H,17,18). The summed E-state index contributed by atoms with van der Waals surface area (Å²) in [5.41, 5.74) is 2.97. The lowest BCUT2D eigenvalue weighted by atomic mass is 9.87.